The molecule has 1 aliphatic carbocycles. The second-order valence-electron chi connectivity index (χ2n) is 6.96. The molecule has 28 heavy (non-hydrogen) atoms. The maximum atomic E-state index is 12.1. The Bertz CT molecular complexity index is 782. The Morgan fingerprint density at radius 3 is 2.61 bits per heavy atom. The molecule has 0 aliphatic heterocycles. The number of hydrogen-bond donors (Lipinski definition) is 2. The number of aromatic nitrogens is 1. The lowest BCUT2D eigenvalue weighted by Crippen LogP contribution is -2.43. The van der Waals surface area contributed by atoms with Crippen molar-refractivity contribution in [2.75, 3.05) is 13.2 Å². The minimum absolute atomic E-state index is 0.0191. The van der Waals surface area contributed by atoms with Crippen LogP contribution in [0.3, 0.4) is 0 Å². The van der Waals surface area contributed by atoms with Gasteiger partial charge in [0.1, 0.15) is 10.8 Å². The van der Waals surface area contributed by atoms with Crippen molar-refractivity contribution in [1.82, 2.24) is 15.6 Å². The smallest absolute Gasteiger partial charge is 0.239 e. The van der Waals surface area contributed by atoms with E-state index in [0.717, 1.165) is 42.0 Å². The van der Waals surface area contributed by atoms with Gasteiger partial charge in [0.05, 0.1) is 25.3 Å². The molecule has 2 amide bonds. The molecule has 1 aromatic heterocycles. The summed E-state index contributed by atoms with van der Waals surface area (Å²) in [6.45, 7) is 2.60. The number of amides is 2. The highest BCUT2D eigenvalue weighted by molar-refractivity contribution is 7.13. The summed E-state index contributed by atoms with van der Waals surface area (Å²) in [6.07, 6.45) is 5.81. The van der Waals surface area contributed by atoms with Gasteiger partial charge >= 0.3 is 0 Å². The van der Waals surface area contributed by atoms with E-state index in [-0.39, 0.29) is 30.8 Å². The van der Waals surface area contributed by atoms with Gasteiger partial charge in [0.25, 0.3) is 0 Å². The zero-order valence-corrected chi connectivity index (χ0v) is 17.0. The van der Waals surface area contributed by atoms with E-state index in [1.807, 2.05) is 36.6 Å². The van der Waals surface area contributed by atoms with Crippen LogP contribution in [0.2, 0.25) is 0 Å². The van der Waals surface area contributed by atoms with Gasteiger partial charge in [-0.1, -0.05) is 19.3 Å². The Hall–Kier alpha value is -2.41. The van der Waals surface area contributed by atoms with Gasteiger partial charge in [-0.05, 0) is 44.0 Å². The van der Waals surface area contributed by atoms with Crippen molar-refractivity contribution in [3.63, 3.8) is 0 Å². The molecule has 2 N–H and O–H groups in total. The van der Waals surface area contributed by atoms with Gasteiger partial charge in [0.2, 0.25) is 11.8 Å². The van der Waals surface area contributed by atoms with Crippen molar-refractivity contribution in [2.45, 2.75) is 51.5 Å². The summed E-state index contributed by atoms with van der Waals surface area (Å²) in [7, 11) is 0. The first-order valence-corrected chi connectivity index (χ1v) is 10.8. The summed E-state index contributed by atoms with van der Waals surface area (Å²) >= 11 is 1.50. The van der Waals surface area contributed by atoms with E-state index in [2.05, 4.69) is 15.6 Å². The molecule has 3 rings (SSSR count). The van der Waals surface area contributed by atoms with Gasteiger partial charge in [-0.25, -0.2) is 4.98 Å². The predicted molar refractivity (Wildman–Crippen MR) is 110 cm³/mol. The number of thiazole rings is 1. The first-order chi connectivity index (χ1) is 13.6. The fourth-order valence-corrected chi connectivity index (χ4v) is 4.14. The largest absolute Gasteiger partial charge is 0.494 e. The summed E-state index contributed by atoms with van der Waals surface area (Å²) in [5.74, 6) is 0.518. The lowest BCUT2D eigenvalue weighted by Gasteiger charge is -2.22. The van der Waals surface area contributed by atoms with E-state index in [1.165, 1.54) is 17.8 Å². The normalized spacial score (nSPS) is 14.5. The van der Waals surface area contributed by atoms with Crippen LogP contribution in [0.15, 0.2) is 29.6 Å². The van der Waals surface area contributed by atoms with Crippen LogP contribution < -0.4 is 15.4 Å². The monoisotopic (exact) mass is 401 g/mol. The first-order valence-electron chi connectivity index (χ1n) is 9.87. The standard InChI is InChI=1S/C21H27N3O3S/c1-2-27-18-10-8-15(9-11-18)21-24-17(14-28-21)12-19(25)22-13-20(26)23-16-6-4-3-5-7-16/h8-11,14,16H,2-7,12-13H2,1H3,(H,22,25)(H,23,26). The minimum Gasteiger partial charge on any atom is -0.494 e. The molecule has 1 saturated carbocycles. The summed E-state index contributed by atoms with van der Waals surface area (Å²) in [5.41, 5.74) is 1.70. The maximum Gasteiger partial charge on any atom is 0.239 e. The van der Waals surface area contributed by atoms with Crippen molar-refractivity contribution in [2.24, 2.45) is 0 Å². The van der Waals surface area contributed by atoms with Crippen LogP contribution in [0, 0.1) is 0 Å². The number of nitrogens with one attached hydrogen (secondary N) is 2. The molecule has 6 nitrogen and oxygen atoms in total. The van der Waals surface area contributed by atoms with Crippen molar-refractivity contribution < 1.29 is 14.3 Å². The Morgan fingerprint density at radius 2 is 1.89 bits per heavy atom. The predicted octanol–water partition coefficient (Wildman–Crippen LogP) is 3.32. The average Bonchev–Trinajstić information content (AvgIpc) is 3.16. The molecule has 1 heterocycles. The Kier molecular flexibility index (Phi) is 7.42. The zero-order chi connectivity index (χ0) is 19.8. The lowest BCUT2D eigenvalue weighted by molar-refractivity contribution is -0.126. The third-order valence-corrected chi connectivity index (χ3v) is 5.66. The Balaban J connectivity index is 1.45. The Morgan fingerprint density at radius 1 is 1.14 bits per heavy atom. The quantitative estimate of drug-likeness (QED) is 0.711. The molecule has 0 saturated heterocycles. The number of ether oxygens (including phenoxy) is 1. The highest BCUT2D eigenvalue weighted by Crippen LogP contribution is 2.26. The number of rotatable bonds is 8. The fraction of sp³-hybridized carbons (Fsp3) is 0.476. The van der Waals surface area contributed by atoms with Crippen molar-refractivity contribution >= 4 is 23.2 Å². The molecule has 2 aromatic rings. The van der Waals surface area contributed by atoms with Gasteiger partial charge in [0, 0.05) is 17.0 Å². The second kappa shape index (κ2) is 10.2. The molecule has 0 radical (unpaired) electrons. The van der Waals surface area contributed by atoms with Gasteiger partial charge < -0.3 is 15.4 Å². The van der Waals surface area contributed by atoms with E-state index in [0.29, 0.717) is 12.3 Å². The third-order valence-electron chi connectivity index (χ3n) is 4.72. The molecular formula is C21H27N3O3S. The van der Waals surface area contributed by atoms with E-state index in [9.17, 15) is 9.59 Å². The molecule has 1 aromatic carbocycles. The number of carbonyl (C=O) groups excluding carboxylic acids is 2. The van der Waals surface area contributed by atoms with Crippen molar-refractivity contribution in [3.8, 4) is 16.3 Å². The van der Waals surface area contributed by atoms with Crippen LogP contribution in [0.1, 0.15) is 44.7 Å². The van der Waals surface area contributed by atoms with Gasteiger partial charge in [-0.15, -0.1) is 11.3 Å². The molecule has 0 unspecified atom stereocenters. The highest BCUT2D eigenvalue weighted by atomic mass is 32.1. The second-order valence-corrected chi connectivity index (χ2v) is 7.82. The molecular weight excluding hydrogens is 374 g/mol. The van der Waals surface area contributed by atoms with Crippen LogP contribution in [0.25, 0.3) is 10.6 Å². The SMILES string of the molecule is CCOc1ccc(-c2nc(CC(=O)NCC(=O)NC3CCCCC3)cs2)cc1. The Labute approximate surface area is 169 Å². The number of hydrogen-bond acceptors (Lipinski definition) is 5. The van der Waals surface area contributed by atoms with Crippen LogP contribution in [-0.4, -0.2) is 36.0 Å². The topological polar surface area (TPSA) is 80.3 Å². The molecule has 1 aliphatic rings. The van der Waals surface area contributed by atoms with Crippen LogP contribution in [0.4, 0.5) is 0 Å². The van der Waals surface area contributed by atoms with Gasteiger partial charge in [-0.3, -0.25) is 9.59 Å². The number of nitrogens with zero attached hydrogens (tertiary/aromatic N) is 1. The zero-order valence-electron chi connectivity index (χ0n) is 16.2. The van der Waals surface area contributed by atoms with Crippen molar-refractivity contribution in [1.29, 1.82) is 0 Å². The molecule has 1 fully saturated rings. The fourth-order valence-electron chi connectivity index (χ4n) is 3.31. The summed E-state index contributed by atoms with van der Waals surface area (Å²) < 4.78 is 5.45. The van der Waals surface area contributed by atoms with E-state index >= 15 is 0 Å². The van der Waals surface area contributed by atoms with Crippen LogP contribution >= 0.6 is 11.3 Å². The number of carbonyl (C=O) groups is 2. The third kappa shape index (κ3) is 6.05. The molecule has 0 bridgehead atoms. The lowest BCUT2D eigenvalue weighted by atomic mass is 9.95. The van der Waals surface area contributed by atoms with Crippen LogP contribution in [0.5, 0.6) is 5.75 Å². The average molecular weight is 402 g/mol. The summed E-state index contributed by atoms with van der Waals surface area (Å²) in [5, 5.41) is 8.43. The van der Waals surface area contributed by atoms with Crippen molar-refractivity contribution in [3.05, 3.63) is 35.3 Å². The van der Waals surface area contributed by atoms with Crippen LogP contribution in [-0.2, 0) is 16.0 Å². The van der Waals surface area contributed by atoms with E-state index in [1.54, 1.807) is 0 Å². The molecule has 150 valence electrons. The molecule has 0 atom stereocenters. The summed E-state index contributed by atoms with van der Waals surface area (Å²) in [6, 6.07) is 8.01. The molecule has 0 spiro atoms. The molecule has 7 heteroatoms. The minimum atomic E-state index is -0.192. The maximum absolute atomic E-state index is 12.1. The highest BCUT2D eigenvalue weighted by Gasteiger charge is 2.16. The first kappa shape index (κ1) is 20.3. The van der Waals surface area contributed by atoms with Gasteiger partial charge in [0.15, 0.2) is 0 Å². The summed E-state index contributed by atoms with van der Waals surface area (Å²) in [4.78, 5) is 28.6. The van der Waals surface area contributed by atoms with E-state index < -0.39 is 0 Å². The van der Waals surface area contributed by atoms with Gasteiger partial charge in [-0.2, -0.15) is 0 Å². The van der Waals surface area contributed by atoms with E-state index in [4.69, 9.17) is 4.74 Å². The number of benzene rings is 1.